The van der Waals surface area contributed by atoms with Crippen LogP contribution in [0.4, 0.5) is 4.39 Å². The number of rotatable bonds is 6. The summed E-state index contributed by atoms with van der Waals surface area (Å²) < 4.78 is 14.1. The fraction of sp³-hybridized carbons (Fsp3) is 0.474. The van der Waals surface area contributed by atoms with Gasteiger partial charge in [-0.05, 0) is 45.2 Å². The van der Waals surface area contributed by atoms with Gasteiger partial charge in [-0.2, -0.15) is 0 Å². The van der Waals surface area contributed by atoms with E-state index in [1.165, 1.54) is 4.88 Å². The molecule has 1 aromatic heterocycles. The van der Waals surface area contributed by atoms with Crippen LogP contribution in [0.25, 0.3) is 0 Å². The standard InChI is InChI=1S/C19H25FN4S.HI/c1-4-21-18(22-11-17-24-13(2)14(3)25-17)23-12-19(9-10-19)15-7-5-6-8-16(15)20;/h5-8H,4,9-12H2,1-3H3,(H2,21,22,23);1H. The van der Waals surface area contributed by atoms with E-state index in [-0.39, 0.29) is 35.2 Å². The van der Waals surface area contributed by atoms with E-state index in [4.69, 9.17) is 0 Å². The van der Waals surface area contributed by atoms with E-state index in [0.717, 1.165) is 41.6 Å². The Balaban J connectivity index is 0.00000243. The lowest BCUT2D eigenvalue weighted by Crippen LogP contribution is -2.41. The van der Waals surface area contributed by atoms with Gasteiger partial charge in [0.2, 0.25) is 0 Å². The molecule has 4 nitrogen and oxygen atoms in total. The Labute approximate surface area is 175 Å². The molecule has 142 valence electrons. The third-order valence-corrected chi connectivity index (χ3v) is 5.74. The zero-order chi connectivity index (χ0) is 17.9. The first-order valence-electron chi connectivity index (χ1n) is 8.74. The topological polar surface area (TPSA) is 49.3 Å². The molecule has 0 atom stereocenters. The number of nitrogens with one attached hydrogen (secondary N) is 2. The number of thiazole rings is 1. The summed E-state index contributed by atoms with van der Waals surface area (Å²) in [5.41, 5.74) is 1.78. The first kappa shape index (κ1) is 21.1. The summed E-state index contributed by atoms with van der Waals surface area (Å²) in [6, 6.07) is 7.09. The van der Waals surface area contributed by atoms with Crippen LogP contribution in [-0.2, 0) is 12.0 Å². The van der Waals surface area contributed by atoms with Crippen molar-refractivity contribution in [2.45, 2.75) is 45.6 Å². The van der Waals surface area contributed by atoms with E-state index < -0.39 is 0 Å². The summed E-state index contributed by atoms with van der Waals surface area (Å²) in [5, 5.41) is 7.67. The SMILES string of the molecule is CCNC(=NCc1nc(C)c(C)s1)NCC1(c2ccccc2F)CC1.I. The maximum absolute atomic E-state index is 14.1. The molecule has 2 N–H and O–H groups in total. The van der Waals surface area contributed by atoms with Crippen molar-refractivity contribution >= 4 is 41.3 Å². The Kier molecular flexibility index (Phi) is 7.40. The highest BCUT2D eigenvalue weighted by atomic mass is 127. The molecule has 1 aliphatic carbocycles. The Morgan fingerprint density at radius 2 is 2.00 bits per heavy atom. The zero-order valence-corrected chi connectivity index (χ0v) is 18.6. The van der Waals surface area contributed by atoms with Crippen molar-refractivity contribution in [3.8, 4) is 0 Å². The van der Waals surface area contributed by atoms with Gasteiger partial charge < -0.3 is 10.6 Å². The van der Waals surface area contributed by atoms with Crippen LogP contribution in [-0.4, -0.2) is 24.0 Å². The van der Waals surface area contributed by atoms with E-state index in [0.29, 0.717) is 13.1 Å². The second kappa shape index (κ2) is 9.12. The molecule has 0 radical (unpaired) electrons. The third-order valence-electron chi connectivity index (χ3n) is 4.68. The van der Waals surface area contributed by atoms with E-state index in [9.17, 15) is 4.39 Å². The minimum absolute atomic E-state index is 0. The van der Waals surface area contributed by atoms with Crippen LogP contribution in [0, 0.1) is 19.7 Å². The molecule has 0 amide bonds. The monoisotopic (exact) mass is 488 g/mol. The Morgan fingerprint density at radius 3 is 2.58 bits per heavy atom. The van der Waals surface area contributed by atoms with Gasteiger partial charge in [0.25, 0.3) is 0 Å². The molecule has 0 spiro atoms. The molecule has 1 saturated carbocycles. The normalized spacial score (nSPS) is 15.3. The van der Waals surface area contributed by atoms with Gasteiger partial charge in [-0.25, -0.2) is 14.4 Å². The van der Waals surface area contributed by atoms with Crippen molar-refractivity contribution in [2.75, 3.05) is 13.1 Å². The molecule has 1 aromatic carbocycles. The zero-order valence-electron chi connectivity index (χ0n) is 15.4. The lowest BCUT2D eigenvalue weighted by Gasteiger charge is -2.19. The summed E-state index contributed by atoms with van der Waals surface area (Å²) in [6.45, 7) is 8.17. The van der Waals surface area contributed by atoms with Crippen molar-refractivity contribution in [1.82, 2.24) is 15.6 Å². The minimum Gasteiger partial charge on any atom is -0.357 e. The number of guanidine groups is 1. The molecular weight excluding hydrogens is 462 g/mol. The number of hydrogen-bond donors (Lipinski definition) is 2. The highest BCUT2D eigenvalue weighted by molar-refractivity contribution is 14.0. The Bertz CT molecular complexity index is 751. The van der Waals surface area contributed by atoms with Crippen LogP contribution in [0.15, 0.2) is 29.3 Å². The predicted octanol–water partition coefficient (Wildman–Crippen LogP) is 4.30. The first-order valence-corrected chi connectivity index (χ1v) is 9.56. The van der Waals surface area contributed by atoms with Crippen LogP contribution in [0.3, 0.4) is 0 Å². The average molecular weight is 488 g/mol. The smallest absolute Gasteiger partial charge is 0.191 e. The van der Waals surface area contributed by atoms with Gasteiger partial charge in [0.1, 0.15) is 10.8 Å². The molecular formula is C19H26FIN4S. The first-order chi connectivity index (χ1) is 12.0. The summed E-state index contributed by atoms with van der Waals surface area (Å²) in [4.78, 5) is 10.4. The fourth-order valence-corrected chi connectivity index (χ4v) is 3.79. The quantitative estimate of drug-likeness (QED) is 0.362. The van der Waals surface area contributed by atoms with Crippen LogP contribution in [0.2, 0.25) is 0 Å². The largest absolute Gasteiger partial charge is 0.357 e. The number of hydrogen-bond acceptors (Lipinski definition) is 3. The molecule has 0 bridgehead atoms. The molecule has 0 saturated heterocycles. The van der Waals surface area contributed by atoms with Gasteiger partial charge >= 0.3 is 0 Å². The van der Waals surface area contributed by atoms with Gasteiger partial charge in [0.15, 0.2) is 5.96 Å². The van der Waals surface area contributed by atoms with Gasteiger partial charge in [-0.1, -0.05) is 18.2 Å². The molecule has 1 heterocycles. The van der Waals surface area contributed by atoms with Gasteiger partial charge in [-0.3, -0.25) is 0 Å². The highest BCUT2D eigenvalue weighted by Crippen LogP contribution is 2.48. The van der Waals surface area contributed by atoms with Crippen molar-refractivity contribution in [1.29, 1.82) is 0 Å². The van der Waals surface area contributed by atoms with E-state index in [2.05, 4.69) is 27.5 Å². The van der Waals surface area contributed by atoms with Crippen molar-refractivity contribution in [2.24, 2.45) is 4.99 Å². The summed E-state index contributed by atoms with van der Waals surface area (Å²) >= 11 is 1.69. The van der Waals surface area contributed by atoms with Crippen molar-refractivity contribution in [3.63, 3.8) is 0 Å². The maximum atomic E-state index is 14.1. The average Bonchev–Trinajstić information content (AvgIpc) is 3.31. The summed E-state index contributed by atoms with van der Waals surface area (Å²) in [6.07, 6.45) is 2.01. The van der Waals surface area contributed by atoms with Crippen molar-refractivity contribution < 1.29 is 4.39 Å². The van der Waals surface area contributed by atoms with Crippen LogP contribution in [0.1, 0.15) is 40.9 Å². The Morgan fingerprint density at radius 1 is 1.27 bits per heavy atom. The molecule has 3 rings (SSSR count). The van der Waals surface area contributed by atoms with E-state index in [1.54, 1.807) is 23.5 Å². The number of halogens is 2. The molecule has 26 heavy (non-hydrogen) atoms. The van der Waals surface area contributed by atoms with E-state index in [1.807, 2.05) is 26.0 Å². The Hall–Kier alpha value is -1.22. The number of aliphatic imine (C=N–C) groups is 1. The minimum atomic E-state index is -0.113. The molecule has 1 aliphatic rings. The van der Waals surface area contributed by atoms with Crippen molar-refractivity contribution in [3.05, 3.63) is 51.2 Å². The van der Waals surface area contributed by atoms with Gasteiger partial charge in [0, 0.05) is 23.4 Å². The number of aryl methyl sites for hydroxylation is 2. The molecule has 7 heteroatoms. The summed E-state index contributed by atoms with van der Waals surface area (Å²) in [7, 11) is 0. The fourth-order valence-electron chi connectivity index (χ4n) is 2.93. The summed E-state index contributed by atoms with van der Waals surface area (Å²) in [5.74, 6) is 0.646. The lowest BCUT2D eigenvalue weighted by molar-refractivity contribution is 0.559. The van der Waals surface area contributed by atoms with Crippen LogP contribution < -0.4 is 10.6 Å². The molecule has 0 unspecified atom stereocenters. The maximum Gasteiger partial charge on any atom is 0.191 e. The number of nitrogens with zero attached hydrogens (tertiary/aromatic N) is 2. The second-order valence-corrected chi connectivity index (χ2v) is 7.85. The third kappa shape index (κ3) is 4.94. The van der Waals surface area contributed by atoms with Crippen LogP contribution >= 0.6 is 35.3 Å². The van der Waals surface area contributed by atoms with Gasteiger partial charge in [0.05, 0.1) is 12.2 Å². The molecule has 2 aromatic rings. The molecule has 0 aliphatic heterocycles. The highest BCUT2D eigenvalue weighted by Gasteiger charge is 2.45. The van der Waals surface area contributed by atoms with E-state index >= 15 is 0 Å². The second-order valence-electron chi connectivity index (χ2n) is 6.56. The lowest BCUT2D eigenvalue weighted by atomic mass is 9.95. The van der Waals surface area contributed by atoms with Crippen LogP contribution in [0.5, 0.6) is 0 Å². The van der Waals surface area contributed by atoms with Gasteiger partial charge in [-0.15, -0.1) is 35.3 Å². The number of aromatic nitrogens is 1. The molecule has 1 fully saturated rings. The number of benzene rings is 1. The predicted molar refractivity (Wildman–Crippen MR) is 117 cm³/mol.